The first-order valence-corrected chi connectivity index (χ1v) is 13.6. The Morgan fingerprint density at radius 2 is 1.97 bits per heavy atom. The molecule has 1 unspecified atom stereocenters. The van der Waals surface area contributed by atoms with E-state index in [0.29, 0.717) is 17.8 Å². The summed E-state index contributed by atoms with van der Waals surface area (Å²) in [7, 11) is 1.66. The summed E-state index contributed by atoms with van der Waals surface area (Å²) in [6, 6.07) is 17.8. The molecule has 3 aliphatic rings. The Hall–Kier alpha value is -3.22. The zero-order valence-electron chi connectivity index (χ0n) is 22.7. The van der Waals surface area contributed by atoms with Gasteiger partial charge in [-0.05, 0) is 78.5 Å². The molecule has 3 aliphatic heterocycles. The van der Waals surface area contributed by atoms with Crippen LogP contribution in [0.15, 0.2) is 73.4 Å². The molecule has 6 heteroatoms. The van der Waals surface area contributed by atoms with Crippen LogP contribution in [0, 0.1) is 17.8 Å². The Balaban J connectivity index is 0.000000206. The molecule has 3 saturated heterocycles. The van der Waals surface area contributed by atoms with Crippen LogP contribution in [0.3, 0.4) is 0 Å². The van der Waals surface area contributed by atoms with E-state index in [1.165, 1.54) is 6.42 Å². The Morgan fingerprint density at radius 3 is 2.58 bits per heavy atom. The van der Waals surface area contributed by atoms with E-state index in [1.807, 2.05) is 54.6 Å². The standard InChI is InChI=1S/C20H24N2O2.C12H16O2/c1-3-13-12-22-9-7-14(13)10-19(22)20(23)16-6-8-21-18-5-4-15(24-2)11-17(16)18;1-9(2)11(8-12(13)14)10-6-4-3-5-7-10/h3-6,8,11,13-14,19-20,23H,1,7,9-10,12H2,2H3;3-7,9,11H,8H2,1-2H3,(H,13,14)/t13-,14-,19-,20+;11-/m01/s1. The second kappa shape index (κ2) is 12.5. The normalized spacial score (nSPS) is 23.8. The number of benzene rings is 2. The molecule has 1 aromatic heterocycles. The molecule has 2 N–H and O–H groups in total. The van der Waals surface area contributed by atoms with Crippen molar-refractivity contribution < 1.29 is 19.7 Å². The lowest BCUT2D eigenvalue weighted by Gasteiger charge is -2.50. The third kappa shape index (κ3) is 6.25. The van der Waals surface area contributed by atoms with Crippen LogP contribution in [-0.2, 0) is 4.79 Å². The van der Waals surface area contributed by atoms with Crippen LogP contribution in [0.4, 0.5) is 0 Å². The monoisotopic (exact) mass is 516 g/mol. The van der Waals surface area contributed by atoms with Gasteiger partial charge in [0.15, 0.2) is 0 Å². The van der Waals surface area contributed by atoms with Crippen LogP contribution in [0.5, 0.6) is 5.75 Å². The van der Waals surface area contributed by atoms with E-state index in [4.69, 9.17) is 9.84 Å². The maximum Gasteiger partial charge on any atom is 0.303 e. The number of aromatic nitrogens is 1. The number of carboxylic acids is 1. The summed E-state index contributed by atoms with van der Waals surface area (Å²) in [5.74, 6) is 1.75. The summed E-state index contributed by atoms with van der Waals surface area (Å²) in [6.45, 7) is 10.2. The van der Waals surface area contributed by atoms with Crippen LogP contribution >= 0.6 is 0 Å². The van der Waals surface area contributed by atoms with Crippen molar-refractivity contribution in [3.63, 3.8) is 0 Å². The fourth-order valence-corrected chi connectivity index (χ4v) is 6.07. The molecule has 0 aliphatic carbocycles. The molecule has 202 valence electrons. The predicted octanol–water partition coefficient (Wildman–Crippen LogP) is 6.07. The van der Waals surface area contributed by atoms with Gasteiger partial charge >= 0.3 is 5.97 Å². The zero-order valence-corrected chi connectivity index (χ0v) is 22.7. The summed E-state index contributed by atoms with van der Waals surface area (Å²) in [5.41, 5.74) is 2.96. The number of hydrogen-bond acceptors (Lipinski definition) is 5. The second-order valence-corrected chi connectivity index (χ2v) is 10.8. The highest BCUT2D eigenvalue weighted by Gasteiger charge is 2.42. The molecular formula is C32H40N2O4. The summed E-state index contributed by atoms with van der Waals surface area (Å²) in [6.07, 6.45) is 5.83. The molecule has 38 heavy (non-hydrogen) atoms. The lowest BCUT2D eigenvalue weighted by molar-refractivity contribution is -0.137. The zero-order chi connectivity index (χ0) is 27.2. The molecule has 2 bridgehead atoms. The van der Waals surface area contributed by atoms with Gasteiger partial charge < -0.3 is 14.9 Å². The Kier molecular flexibility index (Phi) is 9.18. The van der Waals surface area contributed by atoms with E-state index in [0.717, 1.165) is 47.3 Å². The number of nitrogens with zero attached hydrogens (tertiary/aromatic N) is 2. The topological polar surface area (TPSA) is 82.9 Å². The number of methoxy groups -OCH3 is 1. The van der Waals surface area contributed by atoms with E-state index in [2.05, 4.69) is 36.4 Å². The van der Waals surface area contributed by atoms with Gasteiger partial charge in [0.1, 0.15) is 5.75 Å². The molecule has 3 aromatic rings. The number of ether oxygens (including phenoxy) is 1. The first-order valence-electron chi connectivity index (χ1n) is 13.6. The van der Waals surface area contributed by atoms with Crippen LogP contribution in [0.1, 0.15) is 56.3 Å². The fraction of sp³-hybridized carbons (Fsp3) is 0.438. The lowest BCUT2D eigenvalue weighted by Crippen LogP contribution is -2.54. The number of piperidine rings is 3. The SMILES string of the molecule is C=C[C@H]1CN2CC[C@H]1C[C@H]2[C@H](O)c1ccnc2ccc(OC)cc12.CC(C)[C@@H](CC(=O)O)c1ccccc1. The molecular weight excluding hydrogens is 476 g/mol. The highest BCUT2D eigenvalue weighted by molar-refractivity contribution is 5.84. The summed E-state index contributed by atoms with van der Waals surface area (Å²) < 4.78 is 5.35. The maximum atomic E-state index is 11.2. The molecule has 4 heterocycles. The van der Waals surface area contributed by atoms with E-state index in [1.54, 1.807) is 13.3 Å². The van der Waals surface area contributed by atoms with E-state index in [9.17, 15) is 9.90 Å². The van der Waals surface area contributed by atoms with Crippen LogP contribution in [0.2, 0.25) is 0 Å². The maximum absolute atomic E-state index is 11.2. The summed E-state index contributed by atoms with van der Waals surface area (Å²) >= 11 is 0. The number of rotatable bonds is 8. The molecule has 6 rings (SSSR count). The van der Waals surface area contributed by atoms with Crippen LogP contribution in [0.25, 0.3) is 10.9 Å². The molecule has 3 fully saturated rings. The van der Waals surface area contributed by atoms with Crippen molar-refractivity contribution in [1.82, 2.24) is 9.88 Å². The highest BCUT2D eigenvalue weighted by atomic mass is 16.5. The predicted molar refractivity (Wildman–Crippen MR) is 151 cm³/mol. The summed E-state index contributed by atoms with van der Waals surface area (Å²) in [5, 5.41) is 20.9. The van der Waals surface area contributed by atoms with Crippen molar-refractivity contribution in [1.29, 1.82) is 0 Å². The molecule has 2 aromatic carbocycles. The first kappa shape index (κ1) is 27.8. The summed E-state index contributed by atoms with van der Waals surface area (Å²) in [4.78, 5) is 17.5. The number of fused-ring (bicyclic) bond motifs is 4. The van der Waals surface area contributed by atoms with E-state index >= 15 is 0 Å². The van der Waals surface area contributed by atoms with E-state index < -0.39 is 12.1 Å². The Bertz CT molecular complexity index is 1230. The highest BCUT2D eigenvalue weighted by Crippen LogP contribution is 2.42. The first-order chi connectivity index (χ1) is 18.3. The van der Waals surface area contributed by atoms with Crippen molar-refractivity contribution in [2.24, 2.45) is 17.8 Å². The second-order valence-electron chi connectivity index (χ2n) is 10.8. The quantitative estimate of drug-likeness (QED) is 0.354. The minimum atomic E-state index is -0.729. The third-order valence-corrected chi connectivity index (χ3v) is 8.25. The number of carboxylic acid groups (broad SMARTS) is 1. The van der Waals surface area contributed by atoms with Gasteiger partial charge in [-0.3, -0.25) is 14.7 Å². The number of aliphatic hydroxyl groups excluding tert-OH is 1. The van der Waals surface area contributed by atoms with Crippen LogP contribution in [-0.4, -0.2) is 52.3 Å². The van der Waals surface area contributed by atoms with Gasteiger partial charge in [-0.2, -0.15) is 0 Å². The van der Waals surface area contributed by atoms with Crippen molar-refractivity contribution in [2.45, 2.75) is 51.2 Å². The molecule has 0 amide bonds. The lowest BCUT2D eigenvalue weighted by atomic mass is 9.73. The number of aliphatic hydroxyl groups is 1. The van der Waals surface area contributed by atoms with Crippen molar-refractivity contribution in [3.8, 4) is 5.75 Å². The van der Waals surface area contributed by atoms with Crippen molar-refractivity contribution in [3.05, 3.63) is 84.6 Å². The molecule has 0 radical (unpaired) electrons. The number of pyridine rings is 1. The van der Waals surface area contributed by atoms with E-state index in [-0.39, 0.29) is 18.4 Å². The fourth-order valence-electron chi connectivity index (χ4n) is 6.07. The number of carbonyl (C=O) groups is 1. The molecule has 0 spiro atoms. The van der Waals surface area contributed by atoms with Gasteiger partial charge in [-0.25, -0.2) is 0 Å². The average Bonchev–Trinajstić information content (AvgIpc) is 2.95. The minimum absolute atomic E-state index is 0.119. The molecule has 6 nitrogen and oxygen atoms in total. The van der Waals surface area contributed by atoms with Gasteiger partial charge in [0.2, 0.25) is 0 Å². The smallest absolute Gasteiger partial charge is 0.303 e. The number of hydrogen-bond donors (Lipinski definition) is 2. The molecule has 6 atom stereocenters. The van der Waals surface area contributed by atoms with Crippen molar-refractivity contribution in [2.75, 3.05) is 20.2 Å². The minimum Gasteiger partial charge on any atom is -0.497 e. The van der Waals surface area contributed by atoms with Gasteiger partial charge in [-0.1, -0.05) is 50.3 Å². The van der Waals surface area contributed by atoms with Gasteiger partial charge in [0.05, 0.1) is 25.2 Å². The third-order valence-electron chi connectivity index (χ3n) is 8.25. The number of aliphatic carboxylic acids is 1. The largest absolute Gasteiger partial charge is 0.497 e. The van der Waals surface area contributed by atoms with Crippen LogP contribution < -0.4 is 4.74 Å². The Labute approximate surface area is 226 Å². The average molecular weight is 517 g/mol. The van der Waals surface area contributed by atoms with Gasteiger partial charge in [0, 0.05) is 24.2 Å². The Morgan fingerprint density at radius 1 is 1.21 bits per heavy atom. The van der Waals surface area contributed by atoms with Crippen molar-refractivity contribution >= 4 is 16.9 Å². The molecule has 0 saturated carbocycles. The van der Waals surface area contributed by atoms with Gasteiger partial charge in [-0.15, -0.1) is 6.58 Å². The van der Waals surface area contributed by atoms with Gasteiger partial charge in [0.25, 0.3) is 0 Å².